The van der Waals surface area contributed by atoms with Crippen molar-refractivity contribution in [2.45, 2.75) is 45.6 Å². The second-order valence-corrected chi connectivity index (χ2v) is 7.66. The van der Waals surface area contributed by atoms with Gasteiger partial charge in [0.05, 0.1) is 12.6 Å². The minimum Gasteiger partial charge on any atom is -0.494 e. The van der Waals surface area contributed by atoms with Crippen LogP contribution in [0.1, 0.15) is 56.7 Å². The predicted molar refractivity (Wildman–Crippen MR) is 115 cm³/mol. The minimum absolute atomic E-state index is 0.0907. The number of ether oxygens (including phenoxy) is 1. The Hall–Kier alpha value is -2.49. The van der Waals surface area contributed by atoms with Crippen LogP contribution in [0.2, 0.25) is 0 Å². The molecule has 1 heterocycles. The van der Waals surface area contributed by atoms with Crippen molar-refractivity contribution in [1.29, 1.82) is 0 Å². The number of amides is 1. The Morgan fingerprint density at radius 3 is 2.25 bits per heavy atom. The van der Waals surface area contributed by atoms with Gasteiger partial charge in [0.15, 0.2) is 0 Å². The minimum atomic E-state index is 0.0907. The standard InChI is InChI=1S/C24H32N2O2/c1-5-28-24-12-8-21(9-13-24)22-14-16-26(17-15-22)23-10-6-20(7-11-23)18(2)25(4)19(3)27/h6-13,18,22H,5,14-17H2,1-4H3/t18-/m0/s1. The van der Waals surface area contributed by atoms with E-state index in [1.807, 2.05) is 14.0 Å². The van der Waals surface area contributed by atoms with Crippen molar-refractivity contribution in [3.63, 3.8) is 0 Å². The van der Waals surface area contributed by atoms with Gasteiger partial charge in [-0.2, -0.15) is 0 Å². The number of piperidine rings is 1. The number of carbonyl (C=O) groups is 1. The molecule has 3 rings (SSSR count). The first-order valence-electron chi connectivity index (χ1n) is 10.3. The van der Waals surface area contributed by atoms with Crippen LogP contribution in [0.4, 0.5) is 5.69 Å². The molecule has 1 fully saturated rings. The first kappa shape index (κ1) is 20.2. The van der Waals surface area contributed by atoms with Gasteiger partial charge in [0.25, 0.3) is 0 Å². The van der Waals surface area contributed by atoms with E-state index in [4.69, 9.17) is 4.74 Å². The van der Waals surface area contributed by atoms with Gasteiger partial charge in [-0.05, 0) is 68.0 Å². The number of rotatable bonds is 6. The highest BCUT2D eigenvalue weighted by molar-refractivity contribution is 5.73. The third kappa shape index (κ3) is 4.67. The van der Waals surface area contributed by atoms with Gasteiger partial charge in [-0.3, -0.25) is 4.79 Å². The van der Waals surface area contributed by atoms with Crippen molar-refractivity contribution >= 4 is 11.6 Å². The van der Waals surface area contributed by atoms with Crippen molar-refractivity contribution in [1.82, 2.24) is 4.90 Å². The monoisotopic (exact) mass is 380 g/mol. The number of hydrogen-bond donors (Lipinski definition) is 0. The number of nitrogens with zero attached hydrogens (tertiary/aromatic N) is 2. The fourth-order valence-corrected chi connectivity index (χ4v) is 3.93. The van der Waals surface area contributed by atoms with Crippen LogP contribution < -0.4 is 9.64 Å². The van der Waals surface area contributed by atoms with Gasteiger partial charge in [0.1, 0.15) is 5.75 Å². The van der Waals surface area contributed by atoms with Gasteiger partial charge >= 0.3 is 0 Å². The summed E-state index contributed by atoms with van der Waals surface area (Å²) in [5.74, 6) is 1.66. The molecule has 0 bridgehead atoms. The number of benzene rings is 2. The third-order valence-corrected chi connectivity index (χ3v) is 5.98. The molecule has 4 nitrogen and oxygen atoms in total. The topological polar surface area (TPSA) is 32.8 Å². The molecule has 150 valence electrons. The van der Waals surface area contributed by atoms with Crippen LogP contribution in [0.5, 0.6) is 5.75 Å². The smallest absolute Gasteiger partial charge is 0.219 e. The zero-order valence-corrected chi connectivity index (χ0v) is 17.5. The highest BCUT2D eigenvalue weighted by Crippen LogP contribution is 2.32. The normalized spacial score (nSPS) is 15.9. The average molecular weight is 381 g/mol. The molecule has 0 aromatic heterocycles. The molecule has 2 aromatic rings. The molecule has 0 N–H and O–H groups in total. The lowest BCUT2D eigenvalue weighted by Crippen LogP contribution is -2.33. The second kappa shape index (κ2) is 9.13. The highest BCUT2D eigenvalue weighted by Gasteiger charge is 2.21. The fourth-order valence-electron chi connectivity index (χ4n) is 3.93. The van der Waals surface area contributed by atoms with E-state index in [-0.39, 0.29) is 11.9 Å². The Morgan fingerprint density at radius 1 is 1.11 bits per heavy atom. The van der Waals surface area contributed by atoms with Crippen LogP contribution in [-0.2, 0) is 4.79 Å². The maximum Gasteiger partial charge on any atom is 0.219 e. The summed E-state index contributed by atoms with van der Waals surface area (Å²) in [5, 5.41) is 0. The van der Waals surface area contributed by atoms with Gasteiger partial charge in [0, 0.05) is 32.7 Å². The van der Waals surface area contributed by atoms with Gasteiger partial charge < -0.3 is 14.5 Å². The van der Waals surface area contributed by atoms with Gasteiger partial charge in [-0.25, -0.2) is 0 Å². The third-order valence-electron chi connectivity index (χ3n) is 5.98. The van der Waals surface area contributed by atoms with E-state index in [1.54, 1.807) is 11.8 Å². The molecule has 0 saturated carbocycles. The highest BCUT2D eigenvalue weighted by atomic mass is 16.5. The number of hydrogen-bond acceptors (Lipinski definition) is 3. The van der Waals surface area contributed by atoms with Crippen molar-refractivity contribution in [3.05, 3.63) is 59.7 Å². The lowest BCUT2D eigenvalue weighted by molar-refractivity contribution is -0.129. The summed E-state index contributed by atoms with van der Waals surface area (Å²) < 4.78 is 5.55. The van der Waals surface area contributed by atoms with E-state index in [0.29, 0.717) is 12.5 Å². The summed E-state index contributed by atoms with van der Waals surface area (Å²) in [7, 11) is 1.85. The van der Waals surface area contributed by atoms with Crippen LogP contribution in [-0.4, -0.2) is 37.6 Å². The molecule has 1 atom stereocenters. The number of anilines is 1. The molecular weight excluding hydrogens is 348 g/mol. The van der Waals surface area contributed by atoms with E-state index >= 15 is 0 Å². The maximum atomic E-state index is 11.6. The van der Waals surface area contributed by atoms with E-state index in [9.17, 15) is 4.79 Å². The summed E-state index contributed by atoms with van der Waals surface area (Å²) in [6.45, 7) is 8.54. The SMILES string of the molecule is CCOc1ccc(C2CCN(c3ccc([C@H](C)N(C)C(C)=O)cc3)CC2)cc1. The Balaban J connectivity index is 1.58. The lowest BCUT2D eigenvalue weighted by atomic mass is 9.89. The molecule has 0 radical (unpaired) electrons. The van der Waals surface area contributed by atoms with E-state index < -0.39 is 0 Å². The Bertz CT molecular complexity index is 762. The zero-order chi connectivity index (χ0) is 20.1. The van der Waals surface area contributed by atoms with Gasteiger partial charge in [-0.15, -0.1) is 0 Å². The molecule has 1 aliphatic heterocycles. The van der Waals surface area contributed by atoms with Gasteiger partial charge in [0.2, 0.25) is 5.91 Å². The zero-order valence-electron chi connectivity index (χ0n) is 17.5. The summed E-state index contributed by atoms with van der Waals surface area (Å²) in [6, 6.07) is 17.4. The van der Waals surface area contributed by atoms with Crippen molar-refractivity contribution in [3.8, 4) is 5.75 Å². The fraction of sp³-hybridized carbons (Fsp3) is 0.458. The largest absolute Gasteiger partial charge is 0.494 e. The van der Waals surface area contributed by atoms with Crippen LogP contribution >= 0.6 is 0 Å². The van der Waals surface area contributed by atoms with Crippen molar-refractivity contribution < 1.29 is 9.53 Å². The quantitative estimate of drug-likeness (QED) is 0.706. The molecular formula is C24H32N2O2. The summed E-state index contributed by atoms with van der Waals surface area (Å²) in [4.78, 5) is 15.8. The Kier molecular flexibility index (Phi) is 6.61. The summed E-state index contributed by atoms with van der Waals surface area (Å²) >= 11 is 0. The molecule has 0 aliphatic carbocycles. The van der Waals surface area contributed by atoms with Crippen LogP contribution in [0, 0.1) is 0 Å². The average Bonchev–Trinajstić information content (AvgIpc) is 2.74. The summed E-state index contributed by atoms with van der Waals surface area (Å²) in [6.07, 6.45) is 2.33. The van der Waals surface area contributed by atoms with E-state index in [0.717, 1.165) is 18.8 Å². The maximum absolute atomic E-state index is 11.6. The number of carbonyl (C=O) groups excluding carboxylic acids is 1. The van der Waals surface area contributed by atoms with Crippen LogP contribution in [0.3, 0.4) is 0 Å². The van der Waals surface area contributed by atoms with Gasteiger partial charge in [-0.1, -0.05) is 24.3 Å². The second-order valence-electron chi connectivity index (χ2n) is 7.66. The molecule has 1 amide bonds. The molecule has 28 heavy (non-hydrogen) atoms. The predicted octanol–water partition coefficient (Wildman–Crippen LogP) is 5.01. The molecule has 4 heteroatoms. The van der Waals surface area contributed by atoms with Crippen molar-refractivity contribution in [2.75, 3.05) is 31.6 Å². The molecule has 0 spiro atoms. The first-order valence-corrected chi connectivity index (χ1v) is 10.3. The molecule has 0 unspecified atom stereocenters. The summed E-state index contributed by atoms with van der Waals surface area (Å²) in [5.41, 5.74) is 3.86. The molecule has 1 aliphatic rings. The molecule has 2 aromatic carbocycles. The van der Waals surface area contributed by atoms with E-state index in [1.165, 1.54) is 29.7 Å². The Labute approximate surface area is 169 Å². The van der Waals surface area contributed by atoms with Crippen LogP contribution in [0.25, 0.3) is 0 Å². The van der Waals surface area contributed by atoms with Crippen molar-refractivity contribution in [2.24, 2.45) is 0 Å². The lowest BCUT2D eigenvalue weighted by Gasteiger charge is -2.34. The molecule has 1 saturated heterocycles. The van der Waals surface area contributed by atoms with Crippen LogP contribution in [0.15, 0.2) is 48.5 Å². The van der Waals surface area contributed by atoms with E-state index in [2.05, 4.69) is 60.4 Å². The first-order chi connectivity index (χ1) is 13.5. The Morgan fingerprint density at radius 2 is 1.71 bits per heavy atom.